The Kier molecular flexibility index (Phi) is 2.65. The first-order chi connectivity index (χ1) is 7.83. The van der Waals surface area contributed by atoms with Gasteiger partial charge in [-0.05, 0) is 28.8 Å². The molecule has 0 aromatic carbocycles. The number of nitrogens with zero attached hydrogens (tertiary/aromatic N) is 3. The van der Waals surface area contributed by atoms with E-state index in [-0.39, 0.29) is 0 Å². The van der Waals surface area contributed by atoms with Crippen molar-refractivity contribution < 1.29 is 4.74 Å². The molecule has 2 aromatic rings. The summed E-state index contributed by atoms with van der Waals surface area (Å²) in [5, 5.41) is 0. The molecule has 0 spiro atoms. The molecule has 3 rings (SSSR count). The van der Waals surface area contributed by atoms with E-state index in [1.54, 1.807) is 6.20 Å². The Hall–Kier alpha value is -0.940. The normalized spacial score (nSPS) is 18.1. The molecule has 5 heteroatoms. The molecule has 1 saturated heterocycles. The number of fused-ring (bicyclic) bond motifs is 1. The van der Waals surface area contributed by atoms with Crippen LogP contribution in [-0.4, -0.2) is 27.6 Å². The molecule has 1 fully saturated rings. The molecule has 3 heterocycles. The fourth-order valence-corrected chi connectivity index (χ4v) is 2.41. The highest BCUT2D eigenvalue weighted by atomic mass is 79.9. The van der Waals surface area contributed by atoms with E-state index < -0.39 is 0 Å². The van der Waals surface area contributed by atoms with Crippen molar-refractivity contribution >= 4 is 21.6 Å². The number of rotatable bonds is 1. The Morgan fingerprint density at radius 2 is 2.12 bits per heavy atom. The fraction of sp³-hybridized carbons (Fsp3) is 0.455. The molecule has 16 heavy (non-hydrogen) atoms. The molecule has 2 aromatic heterocycles. The van der Waals surface area contributed by atoms with Crippen LogP contribution in [0.1, 0.15) is 24.5 Å². The number of ether oxygens (including phenoxy) is 1. The molecule has 0 aliphatic carbocycles. The molecule has 0 bridgehead atoms. The van der Waals surface area contributed by atoms with Crippen LogP contribution < -0.4 is 0 Å². The van der Waals surface area contributed by atoms with Crippen molar-refractivity contribution in [3.63, 3.8) is 0 Å². The van der Waals surface area contributed by atoms with Gasteiger partial charge in [-0.25, -0.2) is 9.97 Å². The first kappa shape index (κ1) is 10.2. The average Bonchev–Trinajstić information content (AvgIpc) is 2.73. The van der Waals surface area contributed by atoms with Gasteiger partial charge in [-0.2, -0.15) is 0 Å². The molecular weight excluding hydrogens is 270 g/mol. The van der Waals surface area contributed by atoms with E-state index in [9.17, 15) is 0 Å². The van der Waals surface area contributed by atoms with Gasteiger partial charge in [0.1, 0.15) is 4.60 Å². The van der Waals surface area contributed by atoms with Crippen molar-refractivity contribution in [2.24, 2.45) is 0 Å². The summed E-state index contributed by atoms with van der Waals surface area (Å²) in [6.07, 6.45) is 7.95. The molecule has 0 unspecified atom stereocenters. The summed E-state index contributed by atoms with van der Waals surface area (Å²) in [5.41, 5.74) is 2.06. The maximum Gasteiger partial charge on any atom is 0.155 e. The van der Waals surface area contributed by atoms with Gasteiger partial charge in [-0.3, -0.25) is 0 Å². The second kappa shape index (κ2) is 4.14. The van der Waals surface area contributed by atoms with Gasteiger partial charge in [0.05, 0.1) is 11.9 Å². The summed E-state index contributed by atoms with van der Waals surface area (Å²) in [6.45, 7) is 1.70. The quantitative estimate of drug-likeness (QED) is 0.806. The zero-order valence-electron chi connectivity index (χ0n) is 8.77. The molecule has 0 saturated carbocycles. The SMILES string of the molecule is Brc1cn2cc(C3CCOCC3)nc2cn1. The highest BCUT2D eigenvalue weighted by Gasteiger charge is 2.18. The second-order valence-corrected chi connectivity index (χ2v) is 4.84. The molecule has 1 aliphatic heterocycles. The standard InChI is InChI=1S/C11H12BrN3O/c12-10-7-15-6-9(14-11(15)5-13-10)8-1-3-16-4-2-8/h5-8H,1-4H2. The third-order valence-electron chi connectivity index (χ3n) is 2.97. The van der Waals surface area contributed by atoms with Crippen molar-refractivity contribution in [1.29, 1.82) is 0 Å². The van der Waals surface area contributed by atoms with Crippen molar-refractivity contribution in [3.8, 4) is 0 Å². The minimum absolute atomic E-state index is 0.535. The summed E-state index contributed by atoms with van der Waals surface area (Å²) in [4.78, 5) is 8.78. The molecule has 0 radical (unpaired) electrons. The third kappa shape index (κ3) is 1.85. The van der Waals surface area contributed by atoms with Gasteiger partial charge in [0.2, 0.25) is 0 Å². The molecule has 4 nitrogen and oxygen atoms in total. The molecule has 84 valence electrons. The van der Waals surface area contributed by atoms with Gasteiger partial charge >= 0.3 is 0 Å². The number of hydrogen-bond acceptors (Lipinski definition) is 3. The fourth-order valence-electron chi connectivity index (χ4n) is 2.08. The van der Waals surface area contributed by atoms with E-state index in [4.69, 9.17) is 4.74 Å². The third-order valence-corrected chi connectivity index (χ3v) is 3.38. The lowest BCUT2D eigenvalue weighted by atomic mass is 9.97. The van der Waals surface area contributed by atoms with E-state index in [0.717, 1.165) is 42.0 Å². The minimum atomic E-state index is 0.535. The van der Waals surface area contributed by atoms with Gasteiger partial charge < -0.3 is 9.14 Å². The number of halogens is 1. The van der Waals surface area contributed by atoms with E-state index in [0.29, 0.717) is 5.92 Å². The number of aromatic nitrogens is 3. The van der Waals surface area contributed by atoms with E-state index in [1.165, 1.54) is 0 Å². The van der Waals surface area contributed by atoms with Crippen molar-refractivity contribution in [2.75, 3.05) is 13.2 Å². The largest absolute Gasteiger partial charge is 0.381 e. The Labute approximate surface area is 102 Å². The summed E-state index contributed by atoms with van der Waals surface area (Å²) in [7, 11) is 0. The van der Waals surface area contributed by atoms with Gasteiger partial charge in [0, 0.05) is 31.5 Å². The lowest BCUT2D eigenvalue weighted by Gasteiger charge is -2.19. The van der Waals surface area contributed by atoms with Crippen molar-refractivity contribution in [3.05, 3.63) is 28.9 Å². The lowest BCUT2D eigenvalue weighted by molar-refractivity contribution is 0.0846. The van der Waals surface area contributed by atoms with Gasteiger partial charge in [0.25, 0.3) is 0 Å². The predicted molar refractivity (Wildman–Crippen MR) is 63.5 cm³/mol. The highest BCUT2D eigenvalue weighted by molar-refractivity contribution is 9.10. The molecule has 0 atom stereocenters. The first-order valence-electron chi connectivity index (χ1n) is 5.41. The molecule has 0 amide bonds. The van der Waals surface area contributed by atoms with E-state index >= 15 is 0 Å². The van der Waals surface area contributed by atoms with Gasteiger partial charge in [-0.15, -0.1) is 0 Å². The molecular formula is C11H12BrN3O. The monoisotopic (exact) mass is 281 g/mol. The Morgan fingerprint density at radius 1 is 1.31 bits per heavy atom. The zero-order valence-corrected chi connectivity index (χ0v) is 10.4. The summed E-state index contributed by atoms with van der Waals surface area (Å²) in [6, 6.07) is 0. The smallest absolute Gasteiger partial charge is 0.155 e. The Balaban J connectivity index is 1.97. The van der Waals surface area contributed by atoms with Gasteiger partial charge in [-0.1, -0.05) is 0 Å². The zero-order chi connectivity index (χ0) is 11.0. The van der Waals surface area contributed by atoms with Crippen LogP contribution in [0.5, 0.6) is 0 Å². The summed E-state index contributed by atoms with van der Waals surface area (Å²) >= 11 is 3.36. The topological polar surface area (TPSA) is 39.4 Å². The maximum atomic E-state index is 5.36. The van der Waals surface area contributed by atoms with Crippen LogP contribution in [0.4, 0.5) is 0 Å². The van der Waals surface area contributed by atoms with Crippen LogP contribution in [0.25, 0.3) is 5.65 Å². The Bertz CT molecular complexity index is 505. The average molecular weight is 282 g/mol. The van der Waals surface area contributed by atoms with Crippen LogP contribution in [0, 0.1) is 0 Å². The van der Waals surface area contributed by atoms with E-state index in [1.807, 2.05) is 10.6 Å². The van der Waals surface area contributed by atoms with Crippen LogP contribution in [0.15, 0.2) is 23.2 Å². The molecule has 1 aliphatic rings. The maximum absolute atomic E-state index is 5.36. The summed E-state index contributed by atoms with van der Waals surface area (Å²) < 4.78 is 8.21. The van der Waals surface area contributed by atoms with Crippen LogP contribution in [0.2, 0.25) is 0 Å². The van der Waals surface area contributed by atoms with Crippen molar-refractivity contribution in [1.82, 2.24) is 14.4 Å². The van der Waals surface area contributed by atoms with E-state index in [2.05, 4.69) is 32.1 Å². The van der Waals surface area contributed by atoms with Crippen LogP contribution in [-0.2, 0) is 4.74 Å². The first-order valence-corrected chi connectivity index (χ1v) is 6.20. The minimum Gasteiger partial charge on any atom is -0.381 e. The predicted octanol–water partition coefficient (Wildman–Crippen LogP) is 2.39. The number of hydrogen-bond donors (Lipinski definition) is 0. The van der Waals surface area contributed by atoms with Crippen LogP contribution in [0.3, 0.4) is 0 Å². The highest BCUT2D eigenvalue weighted by Crippen LogP contribution is 2.26. The lowest BCUT2D eigenvalue weighted by Crippen LogP contribution is -2.14. The second-order valence-electron chi connectivity index (χ2n) is 4.03. The van der Waals surface area contributed by atoms with Crippen molar-refractivity contribution in [2.45, 2.75) is 18.8 Å². The van der Waals surface area contributed by atoms with Crippen LogP contribution >= 0.6 is 15.9 Å². The number of imidazole rings is 1. The Morgan fingerprint density at radius 3 is 2.94 bits per heavy atom. The molecule has 0 N–H and O–H groups in total. The van der Waals surface area contributed by atoms with Gasteiger partial charge in [0.15, 0.2) is 5.65 Å². The summed E-state index contributed by atoms with van der Waals surface area (Å²) in [5.74, 6) is 0.535.